The summed E-state index contributed by atoms with van der Waals surface area (Å²) in [6.45, 7) is 16.6. The lowest BCUT2D eigenvalue weighted by Crippen LogP contribution is -2.65. The van der Waals surface area contributed by atoms with Crippen LogP contribution >= 0.6 is 0 Å². The highest BCUT2D eigenvalue weighted by molar-refractivity contribution is 5.78. The first-order valence-corrected chi connectivity index (χ1v) is 14.3. The third-order valence-corrected chi connectivity index (χ3v) is 13.4. The molecule has 4 saturated carbocycles. The smallest absolute Gasteiger partial charge is 0.312 e. The summed E-state index contributed by atoms with van der Waals surface area (Å²) in [6, 6.07) is 0. The number of aliphatic hydroxyl groups is 2. The van der Waals surface area contributed by atoms with E-state index in [2.05, 4.69) is 54.5 Å². The van der Waals surface area contributed by atoms with E-state index < -0.39 is 11.5 Å². The monoisotopic (exact) mass is 486 g/mol. The van der Waals surface area contributed by atoms with Crippen LogP contribution in [0.15, 0.2) is 11.6 Å². The minimum absolute atomic E-state index is 0.0463. The van der Waals surface area contributed by atoms with Gasteiger partial charge in [-0.3, -0.25) is 4.79 Å². The van der Waals surface area contributed by atoms with Crippen molar-refractivity contribution in [3.63, 3.8) is 0 Å². The number of allylic oxidation sites excluding steroid dienone is 2. The summed E-state index contributed by atoms with van der Waals surface area (Å²) in [7, 11) is 1.52. The van der Waals surface area contributed by atoms with Crippen molar-refractivity contribution in [2.24, 2.45) is 50.2 Å². The molecule has 5 aliphatic rings. The highest BCUT2D eigenvalue weighted by Gasteiger charge is 2.70. The first kappa shape index (κ1) is 25.8. The average Bonchev–Trinajstić information content (AvgIpc) is 2.77. The number of esters is 1. The van der Waals surface area contributed by atoms with Gasteiger partial charge in [-0.15, -0.1) is 0 Å². The molecule has 0 amide bonds. The molecule has 4 fully saturated rings. The first-order chi connectivity index (χ1) is 16.1. The normalized spacial score (nSPS) is 52.2. The van der Waals surface area contributed by atoms with Crippen molar-refractivity contribution in [3.8, 4) is 0 Å². The number of carbonyl (C=O) groups excluding carboxylic acids is 1. The van der Waals surface area contributed by atoms with Gasteiger partial charge in [0.05, 0.1) is 24.7 Å². The quantitative estimate of drug-likeness (QED) is 0.337. The number of aliphatic hydroxyl groups excluding tert-OH is 2. The van der Waals surface area contributed by atoms with Crippen LogP contribution in [-0.4, -0.2) is 35.5 Å². The van der Waals surface area contributed by atoms with Gasteiger partial charge in [-0.1, -0.05) is 60.1 Å². The molecule has 0 aliphatic heterocycles. The van der Waals surface area contributed by atoms with Gasteiger partial charge in [-0.25, -0.2) is 0 Å². The Morgan fingerprint density at radius 3 is 2.23 bits per heavy atom. The average molecular weight is 487 g/mol. The van der Waals surface area contributed by atoms with Gasteiger partial charge in [0, 0.05) is 0 Å². The van der Waals surface area contributed by atoms with Gasteiger partial charge in [0.25, 0.3) is 0 Å². The van der Waals surface area contributed by atoms with Crippen LogP contribution in [0.3, 0.4) is 0 Å². The van der Waals surface area contributed by atoms with Crippen molar-refractivity contribution < 1.29 is 19.7 Å². The number of fused-ring (bicyclic) bond motifs is 7. The van der Waals surface area contributed by atoms with E-state index in [-0.39, 0.29) is 45.1 Å². The number of ether oxygens (including phenoxy) is 1. The molecule has 9 unspecified atom stereocenters. The predicted molar refractivity (Wildman–Crippen MR) is 138 cm³/mol. The van der Waals surface area contributed by atoms with Crippen molar-refractivity contribution in [3.05, 3.63) is 11.6 Å². The molecule has 4 nitrogen and oxygen atoms in total. The molecule has 9 atom stereocenters. The standard InChI is InChI=1S/C31H50O4/c1-26(2)17-20-19-9-10-22-28(5)13-12-23(32)27(3,4)21(28)11-14-30(22,7)29(19,6)15-16-31(20,18-24(26)33)25(34)35-8/h9,20-24,32-33H,10-18H2,1-8H3. The summed E-state index contributed by atoms with van der Waals surface area (Å²) < 4.78 is 5.43. The van der Waals surface area contributed by atoms with Crippen molar-refractivity contribution in [1.29, 1.82) is 0 Å². The Bertz CT molecular complexity index is 934. The van der Waals surface area contributed by atoms with Crippen LogP contribution in [0.4, 0.5) is 0 Å². The summed E-state index contributed by atoms with van der Waals surface area (Å²) in [6.07, 6.45) is 10.4. The lowest BCUT2D eigenvalue weighted by Gasteiger charge is -2.71. The van der Waals surface area contributed by atoms with Gasteiger partial charge in [-0.05, 0) is 103 Å². The number of rotatable bonds is 1. The van der Waals surface area contributed by atoms with Crippen LogP contribution in [0, 0.1) is 50.2 Å². The lowest BCUT2D eigenvalue weighted by molar-refractivity contribution is -0.209. The minimum atomic E-state index is -0.601. The molecule has 0 heterocycles. The Labute approximate surface area is 213 Å². The molecular formula is C31H50O4. The molecule has 0 aromatic carbocycles. The maximum Gasteiger partial charge on any atom is 0.312 e. The van der Waals surface area contributed by atoms with Gasteiger partial charge in [-0.2, -0.15) is 0 Å². The topological polar surface area (TPSA) is 66.8 Å². The van der Waals surface area contributed by atoms with E-state index in [0.29, 0.717) is 18.3 Å². The Balaban J connectivity index is 1.60. The van der Waals surface area contributed by atoms with Gasteiger partial charge in [0.1, 0.15) is 0 Å². The zero-order valence-electron chi connectivity index (χ0n) is 23.5. The van der Waals surface area contributed by atoms with Gasteiger partial charge in [0.15, 0.2) is 0 Å². The molecule has 35 heavy (non-hydrogen) atoms. The summed E-state index contributed by atoms with van der Waals surface area (Å²) in [4.78, 5) is 13.4. The van der Waals surface area contributed by atoms with Crippen molar-refractivity contribution >= 4 is 5.97 Å². The molecule has 198 valence electrons. The molecule has 0 aromatic rings. The zero-order chi connectivity index (χ0) is 25.8. The molecule has 0 radical (unpaired) electrons. The molecule has 0 saturated heterocycles. The van der Waals surface area contributed by atoms with E-state index in [1.165, 1.54) is 25.5 Å². The minimum Gasteiger partial charge on any atom is -0.469 e. The number of hydrogen-bond donors (Lipinski definition) is 2. The largest absolute Gasteiger partial charge is 0.469 e. The van der Waals surface area contributed by atoms with E-state index >= 15 is 0 Å². The third kappa shape index (κ3) is 3.08. The molecule has 4 heteroatoms. The zero-order valence-corrected chi connectivity index (χ0v) is 23.5. The van der Waals surface area contributed by atoms with Crippen LogP contribution in [-0.2, 0) is 9.53 Å². The van der Waals surface area contributed by atoms with Crippen molar-refractivity contribution in [1.82, 2.24) is 0 Å². The Hall–Kier alpha value is -0.870. The highest BCUT2D eigenvalue weighted by Crippen LogP contribution is 2.75. The number of methoxy groups -OCH3 is 1. The predicted octanol–water partition coefficient (Wildman–Crippen LogP) is 6.29. The van der Waals surface area contributed by atoms with E-state index in [1.54, 1.807) is 0 Å². The Morgan fingerprint density at radius 1 is 0.886 bits per heavy atom. The maximum atomic E-state index is 13.4. The third-order valence-electron chi connectivity index (χ3n) is 13.4. The van der Waals surface area contributed by atoms with E-state index in [0.717, 1.165) is 38.5 Å². The van der Waals surface area contributed by atoms with Gasteiger partial charge < -0.3 is 14.9 Å². The van der Waals surface area contributed by atoms with E-state index in [4.69, 9.17) is 4.74 Å². The molecular weight excluding hydrogens is 436 g/mol. The number of carbonyl (C=O) groups is 1. The number of hydrogen-bond acceptors (Lipinski definition) is 4. The summed E-state index contributed by atoms with van der Waals surface area (Å²) in [5.41, 5.74) is 1.07. The fourth-order valence-electron chi connectivity index (χ4n) is 10.8. The first-order valence-electron chi connectivity index (χ1n) is 14.3. The molecule has 0 bridgehead atoms. The molecule has 5 aliphatic carbocycles. The van der Waals surface area contributed by atoms with Gasteiger partial charge in [0.2, 0.25) is 0 Å². The second-order valence-electron chi connectivity index (χ2n) is 15.3. The van der Waals surface area contributed by atoms with E-state index in [1.807, 2.05) is 0 Å². The van der Waals surface area contributed by atoms with E-state index in [9.17, 15) is 15.0 Å². The fraction of sp³-hybridized carbons (Fsp3) is 0.903. The van der Waals surface area contributed by atoms with Crippen LogP contribution in [0.2, 0.25) is 0 Å². The van der Waals surface area contributed by atoms with Crippen molar-refractivity contribution in [2.45, 2.75) is 118 Å². The van der Waals surface area contributed by atoms with Crippen LogP contribution in [0.25, 0.3) is 0 Å². The van der Waals surface area contributed by atoms with Crippen molar-refractivity contribution in [2.75, 3.05) is 7.11 Å². The summed E-state index contributed by atoms with van der Waals surface area (Å²) in [5, 5.41) is 22.0. The molecule has 5 rings (SSSR count). The SMILES string of the molecule is COC(=O)C12CCC3(C)C(=CCC4C5(C)CCC(O)C(C)(C)C5CCC43C)C1CC(C)(C)C(O)C2. The van der Waals surface area contributed by atoms with Crippen LogP contribution in [0.5, 0.6) is 0 Å². The summed E-state index contributed by atoms with van der Waals surface area (Å²) in [5.74, 6) is 1.14. The highest BCUT2D eigenvalue weighted by atomic mass is 16.5. The summed E-state index contributed by atoms with van der Waals surface area (Å²) >= 11 is 0. The second-order valence-corrected chi connectivity index (χ2v) is 15.3. The fourth-order valence-corrected chi connectivity index (χ4v) is 10.8. The van der Waals surface area contributed by atoms with Gasteiger partial charge >= 0.3 is 5.97 Å². The molecule has 2 N–H and O–H groups in total. The molecule has 0 aromatic heterocycles. The second kappa shape index (κ2) is 7.59. The Morgan fingerprint density at radius 2 is 1.57 bits per heavy atom. The maximum absolute atomic E-state index is 13.4. The van der Waals surface area contributed by atoms with Crippen LogP contribution in [0.1, 0.15) is 106 Å². The lowest BCUT2D eigenvalue weighted by atomic mass is 9.33. The molecule has 0 spiro atoms. The van der Waals surface area contributed by atoms with Crippen LogP contribution < -0.4 is 0 Å². The Kier molecular flexibility index (Phi) is 5.59.